The molecule has 1 aromatic heterocycles. The zero-order chi connectivity index (χ0) is 13.8. The minimum atomic E-state index is -1.03. The second-order valence-corrected chi connectivity index (χ2v) is 4.53. The molecule has 0 bridgehead atoms. The van der Waals surface area contributed by atoms with Crippen molar-refractivity contribution in [3.05, 3.63) is 70.1 Å². The van der Waals surface area contributed by atoms with Gasteiger partial charge in [0.05, 0.1) is 5.56 Å². The summed E-state index contributed by atoms with van der Waals surface area (Å²) in [5.74, 6) is -0.885. The van der Waals surface area contributed by atoms with Crippen molar-refractivity contribution < 1.29 is 9.90 Å². The molecular weight excluding hydrogens is 242 g/mol. The summed E-state index contributed by atoms with van der Waals surface area (Å²) in [4.78, 5) is 22.6. The van der Waals surface area contributed by atoms with E-state index in [0.717, 1.165) is 5.56 Å². The molecule has 1 aromatic carbocycles. The van der Waals surface area contributed by atoms with Crippen LogP contribution in [0.5, 0.6) is 0 Å². The number of carbonyl (C=O) groups is 1. The fourth-order valence-electron chi connectivity index (χ4n) is 1.98. The zero-order valence-corrected chi connectivity index (χ0v) is 10.6. The van der Waals surface area contributed by atoms with Gasteiger partial charge in [0, 0.05) is 18.8 Å². The van der Waals surface area contributed by atoms with Crippen LogP contribution in [0, 0.1) is 0 Å². The van der Waals surface area contributed by atoms with E-state index in [2.05, 4.69) is 0 Å². The Morgan fingerprint density at radius 3 is 2.53 bits per heavy atom. The molecule has 98 valence electrons. The molecule has 0 aliphatic rings. The second kappa shape index (κ2) is 5.52. The molecule has 2 aromatic rings. The maximum absolute atomic E-state index is 11.7. The van der Waals surface area contributed by atoms with Gasteiger partial charge in [-0.15, -0.1) is 0 Å². The van der Waals surface area contributed by atoms with Crippen molar-refractivity contribution in [3.63, 3.8) is 0 Å². The van der Waals surface area contributed by atoms with Crippen molar-refractivity contribution in [3.8, 4) is 0 Å². The first-order valence-corrected chi connectivity index (χ1v) is 6.06. The number of carboxylic acid groups (broad SMARTS) is 1. The molecule has 4 nitrogen and oxygen atoms in total. The smallest absolute Gasteiger partial charge is 0.337 e. The molecule has 1 unspecified atom stereocenters. The van der Waals surface area contributed by atoms with Gasteiger partial charge in [0.15, 0.2) is 0 Å². The van der Waals surface area contributed by atoms with Crippen LogP contribution in [0.25, 0.3) is 0 Å². The minimum Gasteiger partial charge on any atom is -0.478 e. The lowest BCUT2D eigenvalue weighted by Crippen LogP contribution is -2.22. The summed E-state index contributed by atoms with van der Waals surface area (Å²) < 4.78 is 1.45. The summed E-state index contributed by atoms with van der Waals surface area (Å²) in [7, 11) is 0. The Hall–Kier alpha value is -2.36. The summed E-state index contributed by atoms with van der Waals surface area (Å²) in [5.41, 5.74) is 1.06. The van der Waals surface area contributed by atoms with E-state index in [-0.39, 0.29) is 17.0 Å². The van der Waals surface area contributed by atoms with Crippen LogP contribution in [0.15, 0.2) is 53.5 Å². The fourth-order valence-corrected chi connectivity index (χ4v) is 1.98. The maximum atomic E-state index is 11.7. The van der Waals surface area contributed by atoms with Crippen LogP contribution in [0.3, 0.4) is 0 Å². The number of aromatic nitrogens is 1. The molecule has 1 heterocycles. The second-order valence-electron chi connectivity index (χ2n) is 4.53. The van der Waals surface area contributed by atoms with E-state index >= 15 is 0 Å². The Labute approximate surface area is 110 Å². The molecule has 0 fully saturated rings. The van der Waals surface area contributed by atoms with Gasteiger partial charge < -0.3 is 9.67 Å². The molecule has 0 saturated carbocycles. The lowest BCUT2D eigenvalue weighted by atomic mass is 10.0. The van der Waals surface area contributed by atoms with Crippen molar-refractivity contribution in [1.82, 2.24) is 4.57 Å². The highest BCUT2D eigenvalue weighted by atomic mass is 16.4. The Balaban J connectivity index is 2.26. The highest BCUT2D eigenvalue weighted by Crippen LogP contribution is 2.16. The lowest BCUT2D eigenvalue weighted by molar-refractivity contribution is 0.0695. The predicted octanol–water partition coefficient (Wildman–Crippen LogP) is 2.35. The third-order valence-electron chi connectivity index (χ3n) is 3.07. The van der Waals surface area contributed by atoms with Gasteiger partial charge in [0.1, 0.15) is 0 Å². The average molecular weight is 257 g/mol. The predicted molar refractivity (Wildman–Crippen MR) is 72.5 cm³/mol. The molecule has 0 amide bonds. The fraction of sp³-hybridized carbons (Fsp3) is 0.200. The van der Waals surface area contributed by atoms with Crippen LogP contribution >= 0.6 is 0 Å². The van der Waals surface area contributed by atoms with E-state index in [0.29, 0.717) is 6.54 Å². The molecule has 0 aliphatic heterocycles. The maximum Gasteiger partial charge on any atom is 0.337 e. The van der Waals surface area contributed by atoms with E-state index in [4.69, 9.17) is 5.11 Å². The van der Waals surface area contributed by atoms with Crippen LogP contribution in [0.4, 0.5) is 0 Å². The average Bonchev–Trinajstić information content (AvgIpc) is 2.42. The van der Waals surface area contributed by atoms with Gasteiger partial charge in [-0.3, -0.25) is 4.79 Å². The van der Waals surface area contributed by atoms with Gasteiger partial charge in [0.2, 0.25) is 0 Å². The van der Waals surface area contributed by atoms with E-state index in [1.807, 2.05) is 37.3 Å². The molecule has 2 rings (SSSR count). The van der Waals surface area contributed by atoms with Crippen molar-refractivity contribution in [2.24, 2.45) is 0 Å². The number of hydrogen-bond acceptors (Lipinski definition) is 2. The molecule has 0 spiro atoms. The van der Waals surface area contributed by atoms with E-state index in [9.17, 15) is 9.59 Å². The van der Waals surface area contributed by atoms with Crippen molar-refractivity contribution in [2.75, 3.05) is 0 Å². The first-order valence-electron chi connectivity index (χ1n) is 6.06. The number of pyridine rings is 1. The lowest BCUT2D eigenvalue weighted by Gasteiger charge is -2.14. The first kappa shape index (κ1) is 13.1. The highest BCUT2D eigenvalue weighted by Gasteiger charge is 2.09. The van der Waals surface area contributed by atoms with E-state index in [1.54, 1.807) is 0 Å². The SMILES string of the molecule is CC(Cn1cc(C(=O)O)ccc1=O)c1ccccc1. The summed E-state index contributed by atoms with van der Waals surface area (Å²) in [5, 5.41) is 8.94. The zero-order valence-electron chi connectivity index (χ0n) is 10.6. The monoisotopic (exact) mass is 257 g/mol. The summed E-state index contributed by atoms with van der Waals surface area (Å²) in [6.07, 6.45) is 1.39. The highest BCUT2D eigenvalue weighted by molar-refractivity contribution is 5.87. The van der Waals surface area contributed by atoms with Crippen LogP contribution in [0.1, 0.15) is 28.8 Å². The molecule has 4 heteroatoms. The van der Waals surface area contributed by atoms with Gasteiger partial charge in [0.25, 0.3) is 5.56 Å². The molecule has 1 atom stereocenters. The largest absolute Gasteiger partial charge is 0.478 e. The Morgan fingerprint density at radius 1 is 1.21 bits per heavy atom. The van der Waals surface area contributed by atoms with Crippen LogP contribution in [0.2, 0.25) is 0 Å². The van der Waals surface area contributed by atoms with Crippen molar-refractivity contribution in [1.29, 1.82) is 0 Å². The van der Waals surface area contributed by atoms with Crippen LogP contribution in [-0.4, -0.2) is 15.6 Å². The van der Waals surface area contributed by atoms with E-state index < -0.39 is 5.97 Å². The molecular formula is C15H15NO3. The number of carboxylic acids is 1. The number of benzene rings is 1. The summed E-state index contributed by atoms with van der Waals surface area (Å²) in [6.45, 7) is 2.47. The Bertz CT molecular complexity index is 631. The van der Waals surface area contributed by atoms with Crippen molar-refractivity contribution in [2.45, 2.75) is 19.4 Å². The Kier molecular flexibility index (Phi) is 3.80. The van der Waals surface area contributed by atoms with Gasteiger partial charge in [-0.05, 0) is 17.5 Å². The molecule has 1 N–H and O–H groups in total. The molecule has 0 radical (unpaired) electrons. The number of nitrogens with zero attached hydrogens (tertiary/aromatic N) is 1. The standard InChI is InChI=1S/C15H15NO3/c1-11(12-5-3-2-4-6-12)9-16-10-13(15(18)19)7-8-14(16)17/h2-8,10-11H,9H2,1H3,(H,18,19). The third-order valence-corrected chi connectivity index (χ3v) is 3.07. The third kappa shape index (κ3) is 3.10. The number of aromatic carboxylic acids is 1. The Morgan fingerprint density at radius 2 is 1.89 bits per heavy atom. The number of rotatable bonds is 4. The summed E-state index contributed by atoms with van der Waals surface area (Å²) >= 11 is 0. The van der Waals surface area contributed by atoms with Gasteiger partial charge >= 0.3 is 5.97 Å². The van der Waals surface area contributed by atoms with Crippen LogP contribution in [-0.2, 0) is 6.54 Å². The van der Waals surface area contributed by atoms with Gasteiger partial charge in [-0.1, -0.05) is 37.3 Å². The topological polar surface area (TPSA) is 59.3 Å². The van der Waals surface area contributed by atoms with Crippen molar-refractivity contribution >= 4 is 5.97 Å². The molecule has 19 heavy (non-hydrogen) atoms. The van der Waals surface area contributed by atoms with Gasteiger partial charge in [-0.25, -0.2) is 4.79 Å². The van der Waals surface area contributed by atoms with E-state index in [1.165, 1.54) is 22.9 Å². The molecule has 0 saturated heterocycles. The van der Waals surface area contributed by atoms with Crippen LogP contribution < -0.4 is 5.56 Å². The quantitative estimate of drug-likeness (QED) is 0.914. The number of hydrogen-bond donors (Lipinski definition) is 1. The first-order chi connectivity index (χ1) is 9.08. The van der Waals surface area contributed by atoms with Gasteiger partial charge in [-0.2, -0.15) is 0 Å². The normalized spacial score (nSPS) is 12.1. The molecule has 0 aliphatic carbocycles. The summed E-state index contributed by atoms with van der Waals surface area (Å²) in [6, 6.07) is 12.4. The minimum absolute atomic E-state index is 0.125.